The van der Waals surface area contributed by atoms with Crippen LogP contribution in [0, 0.1) is 11.6 Å². The number of benzene rings is 2. The van der Waals surface area contributed by atoms with Crippen molar-refractivity contribution in [2.75, 3.05) is 0 Å². The Bertz CT molecular complexity index is 1200. The topological polar surface area (TPSA) is 47.8 Å². The molecule has 0 bridgehead atoms. The summed E-state index contributed by atoms with van der Waals surface area (Å²) in [6.45, 7) is 0.304. The van der Waals surface area contributed by atoms with Crippen LogP contribution in [0.1, 0.15) is 11.1 Å². The van der Waals surface area contributed by atoms with Crippen molar-refractivity contribution >= 4 is 22.7 Å². The van der Waals surface area contributed by atoms with E-state index in [-0.39, 0.29) is 11.3 Å². The van der Waals surface area contributed by atoms with Gasteiger partial charge in [0.25, 0.3) is 5.56 Å². The van der Waals surface area contributed by atoms with E-state index in [9.17, 15) is 13.6 Å². The first-order valence-electron chi connectivity index (χ1n) is 8.57. The summed E-state index contributed by atoms with van der Waals surface area (Å²) >= 11 is 1.24. The lowest BCUT2D eigenvalue weighted by atomic mass is 10.2. The minimum atomic E-state index is -0.622. The Morgan fingerprint density at radius 1 is 1.04 bits per heavy atom. The second-order valence-corrected chi connectivity index (χ2v) is 7.13. The van der Waals surface area contributed by atoms with Gasteiger partial charge in [-0.05, 0) is 35.4 Å². The van der Waals surface area contributed by atoms with Gasteiger partial charge in [0.05, 0.1) is 17.4 Å². The van der Waals surface area contributed by atoms with E-state index in [1.54, 1.807) is 41.2 Å². The fraction of sp³-hybridized carbons (Fsp3) is 0.0952. The minimum absolute atomic E-state index is 0.170. The smallest absolute Gasteiger partial charge is 0.262 e. The number of rotatable bonds is 5. The van der Waals surface area contributed by atoms with E-state index in [4.69, 9.17) is 0 Å². The highest BCUT2D eigenvalue weighted by atomic mass is 32.2. The molecule has 4 nitrogen and oxygen atoms in total. The molecule has 4 rings (SSSR count). The van der Waals surface area contributed by atoms with Gasteiger partial charge in [-0.15, -0.1) is 0 Å². The number of halogens is 2. The molecule has 2 heterocycles. The molecule has 4 aromatic rings. The first-order chi connectivity index (χ1) is 13.6. The summed E-state index contributed by atoms with van der Waals surface area (Å²) < 4.78 is 28.7. The lowest BCUT2D eigenvalue weighted by Gasteiger charge is -2.13. The third-order valence-corrected chi connectivity index (χ3v) is 5.29. The molecule has 0 unspecified atom stereocenters. The Morgan fingerprint density at radius 3 is 2.68 bits per heavy atom. The maximum atomic E-state index is 14.0. The van der Waals surface area contributed by atoms with E-state index in [2.05, 4.69) is 9.97 Å². The summed E-state index contributed by atoms with van der Waals surface area (Å²) in [5, 5.41) is 0.986. The number of pyridine rings is 1. The summed E-state index contributed by atoms with van der Waals surface area (Å²) in [4.78, 5) is 21.7. The van der Waals surface area contributed by atoms with Gasteiger partial charge in [-0.2, -0.15) is 0 Å². The number of aromatic nitrogens is 3. The summed E-state index contributed by atoms with van der Waals surface area (Å²) in [5.41, 5.74) is 1.62. The highest BCUT2D eigenvalue weighted by Gasteiger charge is 2.13. The molecule has 2 aromatic heterocycles. The van der Waals surface area contributed by atoms with Crippen LogP contribution >= 0.6 is 11.8 Å². The lowest BCUT2D eigenvalue weighted by molar-refractivity contribution is 0.576. The van der Waals surface area contributed by atoms with E-state index in [0.29, 0.717) is 28.2 Å². The predicted octanol–water partition coefficient (Wildman–Crippen LogP) is 4.41. The molecule has 140 valence electrons. The molecule has 0 aliphatic heterocycles. The second kappa shape index (κ2) is 7.90. The Kier molecular flexibility index (Phi) is 5.16. The standard InChI is InChI=1S/C21H15F2N3OS/c22-16-8-7-15(18(23)10-16)13-28-21-25-19-6-2-1-5-17(19)20(27)26(21)12-14-4-3-9-24-11-14/h1-11H,12-13H2. The van der Waals surface area contributed by atoms with Crippen molar-refractivity contribution in [3.63, 3.8) is 0 Å². The monoisotopic (exact) mass is 395 g/mol. The molecule has 0 aliphatic carbocycles. The highest BCUT2D eigenvalue weighted by Crippen LogP contribution is 2.24. The number of para-hydroxylation sites is 1. The van der Waals surface area contributed by atoms with E-state index in [1.807, 2.05) is 12.1 Å². The van der Waals surface area contributed by atoms with Gasteiger partial charge in [0, 0.05) is 24.2 Å². The average Bonchev–Trinajstić information content (AvgIpc) is 2.71. The van der Waals surface area contributed by atoms with Crippen LogP contribution < -0.4 is 5.56 Å². The van der Waals surface area contributed by atoms with Crippen molar-refractivity contribution in [3.05, 3.63) is 100 Å². The molecule has 2 aromatic carbocycles. The summed E-state index contributed by atoms with van der Waals surface area (Å²) in [5.74, 6) is -1.01. The Morgan fingerprint density at radius 2 is 1.89 bits per heavy atom. The molecule has 0 N–H and O–H groups in total. The van der Waals surface area contributed by atoms with E-state index >= 15 is 0 Å². The molecule has 0 amide bonds. The maximum absolute atomic E-state index is 14.0. The van der Waals surface area contributed by atoms with Crippen LogP contribution in [0.25, 0.3) is 10.9 Å². The van der Waals surface area contributed by atoms with Crippen molar-refractivity contribution in [3.8, 4) is 0 Å². The Labute approximate surface area is 163 Å². The maximum Gasteiger partial charge on any atom is 0.262 e. The minimum Gasteiger partial charge on any atom is -0.283 e. The second-order valence-electron chi connectivity index (χ2n) is 6.19. The Balaban J connectivity index is 1.74. The van der Waals surface area contributed by atoms with Crippen molar-refractivity contribution in [2.24, 2.45) is 0 Å². The number of thioether (sulfide) groups is 1. The summed E-state index contributed by atoms with van der Waals surface area (Å²) in [7, 11) is 0. The zero-order chi connectivity index (χ0) is 19.5. The van der Waals surface area contributed by atoms with Crippen LogP contribution in [0.3, 0.4) is 0 Å². The molecule has 0 radical (unpaired) electrons. The average molecular weight is 395 g/mol. The predicted molar refractivity (Wildman–Crippen MR) is 105 cm³/mol. The SMILES string of the molecule is O=c1c2ccccc2nc(SCc2ccc(F)cc2F)n1Cc1cccnc1. The number of nitrogens with zero attached hydrogens (tertiary/aromatic N) is 3. The van der Waals surface area contributed by atoms with E-state index in [0.717, 1.165) is 11.6 Å². The normalized spacial score (nSPS) is 11.1. The van der Waals surface area contributed by atoms with E-state index < -0.39 is 11.6 Å². The van der Waals surface area contributed by atoms with Gasteiger partial charge in [0.1, 0.15) is 11.6 Å². The van der Waals surface area contributed by atoms with Gasteiger partial charge >= 0.3 is 0 Å². The summed E-state index contributed by atoms with van der Waals surface area (Å²) in [6, 6.07) is 14.3. The number of fused-ring (bicyclic) bond motifs is 1. The number of hydrogen-bond donors (Lipinski definition) is 0. The van der Waals surface area contributed by atoms with Crippen LogP contribution in [0.15, 0.2) is 76.9 Å². The molecule has 0 aliphatic rings. The largest absolute Gasteiger partial charge is 0.283 e. The fourth-order valence-electron chi connectivity index (χ4n) is 2.85. The number of hydrogen-bond acceptors (Lipinski definition) is 4. The molecular formula is C21H15F2N3OS. The molecule has 0 saturated heterocycles. The van der Waals surface area contributed by atoms with Crippen molar-refractivity contribution in [1.82, 2.24) is 14.5 Å². The molecule has 0 atom stereocenters. The van der Waals surface area contributed by atoms with Gasteiger partial charge in [-0.25, -0.2) is 13.8 Å². The van der Waals surface area contributed by atoms with Gasteiger partial charge < -0.3 is 0 Å². The third kappa shape index (κ3) is 3.80. The van der Waals surface area contributed by atoms with Gasteiger partial charge in [0.15, 0.2) is 5.16 Å². The van der Waals surface area contributed by atoms with Gasteiger partial charge in [-0.3, -0.25) is 14.3 Å². The molecule has 7 heteroatoms. The molecule has 0 spiro atoms. The molecule has 0 fully saturated rings. The van der Waals surface area contributed by atoms with Crippen LogP contribution in [-0.4, -0.2) is 14.5 Å². The lowest BCUT2D eigenvalue weighted by Crippen LogP contribution is -2.24. The first-order valence-corrected chi connectivity index (χ1v) is 9.55. The zero-order valence-electron chi connectivity index (χ0n) is 14.7. The molecular weight excluding hydrogens is 380 g/mol. The van der Waals surface area contributed by atoms with Gasteiger partial charge in [0.2, 0.25) is 0 Å². The van der Waals surface area contributed by atoms with Crippen LogP contribution in [0.2, 0.25) is 0 Å². The Hall–Kier alpha value is -3.06. The van der Waals surface area contributed by atoms with Crippen molar-refractivity contribution < 1.29 is 8.78 Å². The molecule has 0 saturated carbocycles. The van der Waals surface area contributed by atoms with Crippen LogP contribution in [0.5, 0.6) is 0 Å². The zero-order valence-corrected chi connectivity index (χ0v) is 15.5. The molecule has 28 heavy (non-hydrogen) atoms. The third-order valence-electron chi connectivity index (χ3n) is 4.26. The highest BCUT2D eigenvalue weighted by molar-refractivity contribution is 7.98. The summed E-state index contributed by atoms with van der Waals surface area (Å²) in [6.07, 6.45) is 3.35. The van der Waals surface area contributed by atoms with E-state index in [1.165, 1.54) is 23.9 Å². The van der Waals surface area contributed by atoms with Crippen molar-refractivity contribution in [2.45, 2.75) is 17.5 Å². The van der Waals surface area contributed by atoms with Crippen molar-refractivity contribution in [1.29, 1.82) is 0 Å². The first kappa shape index (κ1) is 18.3. The van der Waals surface area contributed by atoms with Crippen LogP contribution in [0.4, 0.5) is 8.78 Å². The quantitative estimate of drug-likeness (QED) is 0.371. The van der Waals surface area contributed by atoms with Gasteiger partial charge in [-0.1, -0.05) is 36.0 Å². The fourth-order valence-corrected chi connectivity index (χ4v) is 3.84. The van der Waals surface area contributed by atoms with Crippen LogP contribution in [-0.2, 0) is 12.3 Å².